The van der Waals surface area contributed by atoms with Gasteiger partial charge in [0.25, 0.3) is 21.8 Å². The van der Waals surface area contributed by atoms with E-state index in [1.165, 1.54) is 30.5 Å². The van der Waals surface area contributed by atoms with Crippen LogP contribution in [0, 0.1) is 0 Å². The maximum Gasteiger partial charge on any atom is 0.269 e. The number of benzene rings is 2. The lowest BCUT2D eigenvalue weighted by Gasteiger charge is -2.19. The first-order chi connectivity index (χ1) is 16.0. The summed E-state index contributed by atoms with van der Waals surface area (Å²) in [5, 5.41) is 0.0650. The number of fused-ring (bicyclic) bond motifs is 1. The first-order valence-electron chi connectivity index (χ1n) is 10.7. The van der Waals surface area contributed by atoms with Crippen LogP contribution in [0.25, 0.3) is 0 Å². The fourth-order valence-electron chi connectivity index (χ4n) is 3.78. The van der Waals surface area contributed by atoms with Crippen molar-refractivity contribution >= 4 is 45.0 Å². The van der Waals surface area contributed by atoms with Crippen molar-refractivity contribution in [2.75, 3.05) is 4.72 Å². The maximum atomic E-state index is 13.3. The number of rotatable bonds is 3. The molecule has 0 fully saturated rings. The Morgan fingerprint density at radius 2 is 1.65 bits per heavy atom. The van der Waals surface area contributed by atoms with Gasteiger partial charge in [0.05, 0.1) is 26.7 Å². The quantitative estimate of drug-likeness (QED) is 0.582. The molecule has 2 amide bonds. The van der Waals surface area contributed by atoms with E-state index in [2.05, 4.69) is 9.71 Å². The van der Waals surface area contributed by atoms with Gasteiger partial charge >= 0.3 is 0 Å². The van der Waals surface area contributed by atoms with E-state index in [-0.39, 0.29) is 38.0 Å². The maximum absolute atomic E-state index is 13.3. The van der Waals surface area contributed by atoms with Crippen LogP contribution >= 0.6 is 11.6 Å². The first-order valence-corrected chi connectivity index (χ1v) is 12.6. The number of amidine groups is 1. The van der Waals surface area contributed by atoms with Gasteiger partial charge in [0.2, 0.25) is 0 Å². The standard InChI is InChI=1S/C25H24ClN3O4S/c1-25(2,3)16-9-11-17(12-10-16)34(32,33)28-19-14-13-18(26)21-22(19)24(31)29(23(21)30)20-8-6-4-5-7-15-27-20/h4-5,7,9-15,28H,6,8H2,1-3H3/b5-4-,15-7-,27-20?. The zero-order valence-electron chi connectivity index (χ0n) is 19.0. The summed E-state index contributed by atoms with van der Waals surface area (Å²) in [6.07, 6.45) is 7.90. The molecule has 0 aromatic heterocycles. The minimum Gasteiger partial charge on any atom is -0.279 e. The second kappa shape index (κ2) is 8.85. The molecular formula is C25H24ClN3O4S. The lowest BCUT2D eigenvalue weighted by atomic mass is 9.87. The van der Waals surface area contributed by atoms with Crippen LogP contribution in [-0.4, -0.2) is 31.0 Å². The van der Waals surface area contributed by atoms with Gasteiger partial charge in [0, 0.05) is 12.6 Å². The molecule has 0 saturated carbocycles. The van der Waals surface area contributed by atoms with Crippen molar-refractivity contribution in [3.63, 3.8) is 0 Å². The summed E-state index contributed by atoms with van der Waals surface area (Å²) in [5.74, 6) is -1.02. The van der Waals surface area contributed by atoms with Gasteiger partial charge in [-0.05, 0) is 47.7 Å². The predicted molar refractivity (Wildman–Crippen MR) is 133 cm³/mol. The van der Waals surface area contributed by atoms with E-state index in [4.69, 9.17) is 11.6 Å². The highest BCUT2D eigenvalue weighted by Crippen LogP contribution is 2.36. The molecular weight excluding hydrogens is 474 g/mol. The Labute approximate surface area is 203 Å². The highest BCUT2D eigenvalue weighted by atomic mass is 35.5. The molecule has 0 unspecified atom stereocenters. The minimum absolute atomic E-state index is 0.0120. The molecule has 0 radical (unpaired) electrons. The molecule has 0 atom stereocenters. The number of sulfonamides is 1. The smallest absolute Gasteiger partial charge is 0.269 e. The molecule has 2 heterocycles. The second-order valence-electron chi connectivity index (χ2n) is 9.02. The minimum atomic E-state index is -4.03. The zero-order chi connectivity index (χ0) is 24.7. The van der Waals surface area contributed by atoms with Crippen molar-refractivity contribution < 1.29 is 18.0 Å². The number of nitrogens with one attached hydrogen (secondary N) is 1. The number of carbonyl (C=O) groups excluding carboxylic acids is 2. The number of carbonyl (C=O) groups is 2. The van der Waals surface area contributed by atoms with Gasteiger partial charge in [-0.25, -0.2) is 18.3 Å². The monoisotopic (exact) mass is 497 g/mol. The van der Waals surface area contributed by atoms with E-state index in [9.17, 15) is 18.0 Å². The van der Waals surface area contributed by atoms with Gasteiger partial charge < -0.3 is 0 Å². The molecule has 2 aliphatic heterocycles. The molecule has 0 spiro atoms. The van der Waals surface area contributed by atoms with Crippen LogP contribution in [-0.2, 0) is 15.4 Å². The Balaban J connectivity index is 1.71. The van der Waals surface area contributed by atoms with Crippen molar-refractivity contribution in [1.29, 1.82) is 0 Å². The van der Waals surface area contributed by atoms with Crippen LogP contribution in [0.1, 0.15) is 59.9 Å². The number of anilines is 1. The van der Waals surface area contributed by atoms with E-state index < -0.39 is 21.8 Å². The zero-order valence-corrected chi connectivity index (χ0v) is 20.6. The molecule has 0 aliphatic carbocycles. The van der Waals surface area contributed by atoms with E-state index in [1.807, 2.05) is 32.9 Å². The molecule has 0 bridgehead atoms. The normalized spacial score (nSPS) is 18.1. The van der Waals surface area contributed by atoms with Gasteiger partial charge in [-0.15, -0.1) is 0 Å². The van der Waals surface area contributed by atoms with Gasteiger partial charge in [-0.3, -0.25) is 14.3 Å². The number of imide groups is 1. The number of hydrogen-bond acceptors (Lipinski definition) is 5. The van der Waals surface area contributed by atoms with Crippen LogP contribution in [0.15, 0.2) is 70.7 Å². The number of aliphatic imine (C=N–C) groups is 1. The first kappa shape index (κ1) is 23.9. The number of allylic oxidation sites excluding steroid dienone is 3. The fraction of sp³-hybridized carbons (Fsp3) is 0.240. The average Bonchev–Trinajstić information content (AvgIpc) is 3.01. The van der Waals surface area contributed by atoms with Crippen molar-refractivity contribution in [3.8, 4) is 0 Å². The molecule has 2 aliphatic rings. The molecule has 2 aromatic rings. The van der Waals surface area contributed by atoms with Crippen LogP contribution in [0.2, 0.25) is 5.02 Å². The molecule has 2 aromatic carbocycles. The summed E-state index contributed by atoms with van der Waals surface area (Å²) >= 11 is 6.27. The second-order valence-corrected chi connectivity index (χ2v) is 11.1. The van der Waals surface area contributed by atoms with Crippen LogP contribution < -0.4 is 4.72 Å². The highest BCUT2D eigenvalue weighted by molar-refractivity contribution is 7.92. The van der Waals surface area contributed by atoms with Gasteiger partial charge in [-0.2, -0.15) is 0 Å². The summed E-state index contributed by atoms with van der Waals surface area (Å²) in [6.45, 7) is 6.10. The van der Waals surface area contributed by atoms with E-state index in [1.54, 1.807) is 18.2 Å². The van der Waals surface area contributed by atoms with Crippen molar-refractivity contribution in [3.05, 3.63) is 82.5 Å². The van der Waals surface area contributed by atoms with Gasteiger partial charge in [0.1, 0.15) is 5.84 Å². The number of amides is 2. The Morgan fingerprint density at radius 3 is 2.32 bits per heavy atom. The third-order valence-electron chi connectivity index (χ3n) is 5.61. The average molecular weight is 498 g/mol. The topological polar surface area (TPSA) is 95.9 Å². The Hall–Kier alpha value is -3.23. The molecule has 176 valence electrons. The molecule has 4 rings (SSSR count). The van der Waals surface area contributed by atoms with Crippen molar-refractivity contribution in [2.45, 2.75) is 43.9 Å². The van der Waals surface area contributed by atoms with E-state index in [0.29, 0.717) is 12.8 Å². The van der Waals surface area contributed by atoms with Crippen LogP contribution in [0.5, 0.6) is 0 Å². The van der Waals surface area contributed by atoms with Crippen molar-refractivity contribution in [2.24, 2.45) is 4.99 Å². The predicted octanol–water partition coefficient (Wildman–Crippen LogP) is 5.30. The van der Waals surface area contributed by atoms with Gasteiger partial charge in [-0.1, -0.05) is 56.7 Å². The SMILES string of the molecule is CC(C)(C)c1ccc(S(=O)(=O)Nc2ccc(Cl)c3c2C(=O)N(C2=N/C=C\C=C/CC2)C3=O)cc1. The molecule has 1 N–H and O–H groups in total. The molecule has 0 saturated heterocycles. The highest BCUT2D eigenvalue weighted by Gasteiger charge is 2.42. The van der Waals surface area contributed by atoms with E-state index in [0.717, 1.165) is 10.5 Å². The molecule has 9 heteroatoms. The summed E-state index contributed by atoms with van der Waals surface area (Å²) in [5.41, 5.74) is 0.713. The molecule has 7 nitrogen and oxygen atoms in total. The fourth-order valence-corrected chi connectivity index (χ4v) is 5.09. The number of nitrogens with zero attached hydrogens (tertiary/aromatic N) is 2. The van der Waals surface area contributed by atoms with Crippen LogP contribution in [0.4, 0.5) is 5.69 Å². The summed E-state index contributed by atoms with van der Waals surface area (Å²) in [7, 11) is -4.03. The lowest BCUT2D eigenvalue weighted by molar-refractivity contribution is 0.0746. The third kappa shape index (κ3) is 4.43. The summed E-state index contributed by atoms with van der Waals surface area (Å²) < 4.78 is 28.7. The summed E-state index contributed by atoms with van der Waals surface area (Å²) in [6, 6.07) is 9.33. The number of halogens is 1. The largest absolute Gasteiger partial charge is 0.279 e. The number of hydrogen-bond donors (Lipinski definition) is 1. The van der Waals surface area contributed by atoms with Crippen LogP contribution in [0.3, 0.4) is 0 Å². The Bertz CT molecular complexity index is 1370. The Kier molecular flexibility index (Phi) is 6.22. The summed E-state index contributed by atoms with van der Waals surface area (Å²) in [4.78, 5) is 31.8. The Morgan fingerprint density at radius 1 is 0.971 bits per heavy atom. The molecule has 34 heavy (non-hydrogen) atoms. The lowest BCUT2D eigenvalue weighted by Crippen LogP contribution is -2.36. The van der Waals surface area contributed by atoms with E-state index >= 15 is 0 Å². The van der Waals surface area contributed by atoms with Crippen molar-refractivity contribution in [1.82, 2.24) is 4.90 Å². The van der Waals surface area contributed by atoms with Gasteiger partial charge in [0.15, 0.2) is 0 Å². The third-order valence-corrected chi connectivity index (χ3v) is 7.31.